The van der Waals surface area contributed by atoms with Crippen LogP contribution in [0.2, 0.25) is 0 Å². The second kappa shape index (κ2) is 6.35. The van der Waals surface area contributed by atoms with Crippen molar-refractivity contribution >= 4 is 5.82 Å². The minimum absolute atomic E-state index is 0.294. The van der Waals surface area contributed by atoms with Crippen molar-refractivity contribution in [1.82, 2.24) is 9.97 Å². The maximum Gasteiger partial charge on any atom is 0.155 e. The maximum absolute atomic E-state index is 14.1. The van der Waals surface area contributed by atoms with E-state index in [0.717, 1.165) is 5.56 Å². The fraction of sp³-hybridized carbons (Fsp3) is 0.111. The topological polar surface area (TPSA) is 29.0 Å². The molecule has 0 saturated heterocycles. The van der Waals surface area contributed by atoms with E-state index < -0.39 is 0 Å². The minimum atomic E-state index is -0.294. The monoisotopic (exact) mass is 293 g/mol. The molecule has 0 radical (unpaired) electrons. The van der Waals surface area contributed by atoms with E-state index in [1.807, 2.05) is 30.1 Å². The van der Waals surface area contributed by atoms with Crippen LogP contribution in [-0.2, 0) is 6.54 Å². The van der Waals surface area contributed by atoms with E-state index in [1.54, 1.807) is 30.6 Å². The first-order chi connectivity index (χ1) is 10.8. The Morgan fingerprint density at radius 1 is 0.909 bits per heavy atom. The van der Waals surface area contributed by atoms with Gasteiger partial charge in [0.15, 0.2) is 5.82 Å². The summed E-state index contributed by atoms with van der Waals surface area (Å²) >= 11 is 0. The Kier molecular flexibility index (Phi) is 4.10. The van der Waals surface area contributed by atoms with E-state index >= 15 is 0 Å². The number of aromatic nitrogens is 2. The number of hydrogen-bond acceptors (Lipinski definition) is 3. The summed E-state index contributed by atoms with van der Waals surface area (Å²) < 4.78 is 14.1. The summed E-state index contributed by atoms with van der Waals surface area (Å²) in [5.74, 6) is 0.369. The predicted octanol–water partition coefficient (Wildman–Crippen LogP) is 3.92. The zero-order chi connectivity index (χ0) is 15.4. The molecule has 0 saturated carbocycles. The molecule has 0 amide bonds. The highest BCUT2D eigenvalue weighted by Gasteiger charge is 2.15. The lowest BCUT2D eigenvalue weighted by molar-refractivity contribution is 0.630. The first kappa shape index (κ1) is 14.2. The number of hydrogen-bond donors (Lipinski definition) is 0. The van der Waals surface area contributed by atoms with E-state index in [0.29, 0.717) is 23.6 Å². The average molecular weight is 293 g/mol. The number of nitrogens with zero attached hydrogens (tertiary/aromatic N) is 3. The van der Waals surface area contributed by atoms with Crippen molar-refractivity contribution in [3.63, 3.8) is 0 Å². The van der Waals surface area contributed by atoms with E-state index in [4.69, 9.17) is 0 Å². The smallest absolute Gasteiger partial charge is 0.155 e. The second-order valence-electron chi connectivity index (χ2n) is 5.05. The molecule has 0 unspecified atom stereocenters. The van der Waals surface area contributed by atoms with Crippen molar-refractivity contribution < 1.29 is 4.39 Å². The molecule has 3 aromatic rings. The van der Waals surface area contributed by atoms with E-state index in [1.165, 1.54) is 6.07 Å². The quantitative estimate of drug-likeness (QED) is 0.730. The van der Waals surface area contributed by atoms with Gasteiger partial charge in [-0.3, -0.25) is 4.98 Å². The summed E-state index contributed by atoms with van der Waals surface area (Å²) in [6, 6.07) is 16.7. The Morgan fingerprint density at radius 3 is 2.36 bits per heavy atom. The molecule has 0 spiro atoms. The van der Waals surface area contributed by atoms with Crippen molar-refractivity contribution in [3.05, 3.63) is 78.4 Å². The van der Waals surface area contributed by atoms with Gasteiger partial charge in [-0.1, -0.05) is 42.5 Å². The van der Waals surface area contributed by atoms with Crippen LogP contribution in [0.5, 0.6) is 0 Å². The summed E-state index contributed by atoms with van der Waals surface area (Å²) in [7, 11) is 1.93. The first-order valence-electron chi connectivity index (χ1n) is 7.06. The summed E-state index contributed by atoms with van der Waals surface area (Å²) in [4.78, 5) is 10.7. The van der Waals surface area contributed by atoms with Crippen molar-refractivity contribution in [2.24, 2.45) is 0 Å². The first-order valence-corrected chi connectivity index (χ1v) is 7.06. The van der Waals surface area contributed by atoms with Gasteiger partial charge in [0.05, 0.1) is 0 Å². The van der Waals surface area contributed by atoms with Crippen LogP contribution in [0.3, 0.4) is 0 Å². The number of benzene rings is 2. The molecule has 0 aliphatic rings. The van der Waals surface area contributed by atoms with E-state index in [9.17, 15) is 4.39 Å². The molecule has 0 bridgehead atoms. The third-order valence-corrected chi connectivity index (χ3v) is 3.43. The fourth-order valence-electron chi connectivity index (χ4n) is 2.39. The van der Waals surface area contributed by atoms with Gasteiger partial charge in [0, 0.05) is 31.5 Å². The van der Waals surface area contributed by atoms with Crippen LogP contribution in [0.15, 0.2) is 67.0 Å². The molecular formula is C18H16FN3. The Hall–Kier alpha value is -2.75. The molecule has 2 aromatic carbocycles. The maximum atomic E-state index is 14.1. The molecule has 0 aliphatic heterocycles. The van der Waals surface area contributed by atoms with Crippen LogP contribution >= 0.6 is 0 Å². The average Bonchev–Trinajstić information content (AvgIpc) is 2.56. The van der Waals surface area contributed by atoms with Gasteiger partial charge in [0.2, 0.25) is 0 Å². The molecule has 22 heavy (non-hydrogen) atoms. The Morgan fingerprint density at radius 2 is 1.59 bits per heavy atom. The molecule has 0 atom stereocenters. The Labute approximate surface area is 129 Å². The molecule has 3 nitrogen and oxygen atoms in total. The highest BCUT2D eigenvalue weighted by Crippen LogP contribution is 2.28. The Balaban J connectivity index is 1.96. The Bertz CT molecular complexity index is 759. The molecule has 1 aromatic heterocycles. The number of halogens is 1. The molecular weight excluding hydrogens is 277 g/mol. The standard InChI is InChI=1S/C18H16FN3/c1-22(13-14-7-3-2-4-8-14)18-17(20-11-12-21-18)15-9-5-6-10-16(15)19/h2-12H,13H2,1H3. The van der Waals surface area contributed by atoms with Crippen molar-refractivity contribution in [1.29, 1.82) is 0 Å². The highest BCUT2D eigenvalue weighted by molar-refractivity contribution is 5.72. The van der Waals surface area contributed by atoms with Gasteiger partial charge in [0.1, 0.15) is 11.5 Å². The van der Waals surface area contributed by atoms with Crippen LogP contribution in [0.25, 0.3) is 11.3 Å². The van der Waals surface area contributed by atoms with Gasteiger partial charge >= 0.3 is 0 Å². The SMILES string of the molecule is CN(Cc1ccccc1)c1nccnc1-c1ccccc1F. The zero-order valence-electron chi connectivity index (χ0n) is 12.3. The lowest BCUT2D eigenvalue weighted by atomic mass is 10.1. The largest absolute Gasteiger partial charge is 0.354 e. The normalized spacial score (nSPS) is 10.5. The van der Waals surface area contributed by atoms with Crippen LogP contribution < -0.4 is 4.90 Å². The second-order valence-corrected chi connectivity index (χ2v) is 5.05. The van der Waals surface area contributed by atoms with Gasteiger partial charge in [-0.15, -0.1) is 0 Å². The van der Waals surface area contributed by atoms with Crippen molar-refractivity contribution in [3.8, 4) is 11.3 Å². The summed E-state index contributed by atoms with van der Waals surface area (Å²) in [5, 5.41) is 0. The van der Waals surface area contributed by atoms with Crippen molar-refractivity contribution in [2.45, 2.75) is 6.54 Å². The molecule has 0 fully saturated rings. The molecule has 0 N–H and O–H groups in total. The molecule has 110 valence electrons. The van der Waals surface area contributed by atoms with Crippen LogP contribution in [0, 0.1) is 5.82 Å². The molecule has 4 heteroatoms. The molecule has 3 rings (SSSR count). The number of rotatable bonds is 4. The van der Waals surface area contributed by atoms with Gasteiger partial charge < -0.3 is 4.90 Å². The number of anilines is 1. The van der Waals surface area contributed by atoms with Gasteiger partial charge in [-0.2, -0.15) is 0 Å². The third kappa shape index (κ3) is 2.96. The zero-order valence-corrected chi connectivity index (χ0v) is 12.3. The van der Waals surface area contributed by atoms with Gasteiger partial charge in [-0.05, 0) is 17.7 Å². The lowest BCUT2D eigenvalue weighted by Gasteiger charge is -2.20. The summed E-state index contributed by atoms with van der Waals surface area (Å²) in [6.07, 6.45) is 3.21. The van der Waals surface area contributed by atoms with E-state index in [-0.39, 0.29) is 5.82 Å². The van der Waals surface area contributed by atoms with Gasteiger partial charge in [0.25, 0.3) is 0 Å². The predicted molar refractivity (Wildman–Crippen MR) is 86.0 cm³/mol. The summed E-state index contributed by atoms with van der Waals surface area (Å²) in [5.41, 5.74) is 2.18. The summed E-state index contributed by atoms with van der Waals surface area (Å²) in [6.45, 7) is 0.682. The lowest BCUT2D eigenvalue weighted by Crippen LogP contribution is -2.19. The van der Waals surface area contributed by atoms with Crippen molar-refractivity contribution in [2.75, 3.05) is 11.9 Å². The highest BCUT2D eigenvalue weighted by atomic mass is 19.1. The molecule has 0 aliphatic carbocycles. The van der Waals surface area contributed by atoms with E-state index in [2.05, 4.69) is 22.1 Å². The van der Waals surface area contributed by atoms with Crippen LogP contribution in [-0.4, -0.2) is 17.0 Å². The third-order valence-electron chi connectivity index (χ3n) is 3.43. The fourth-order valence-corrected chi connectivity index (χ4v) is 2.39. The van der Waals surface area contributed by atoms with Crippen LogP contribution in [0.4, 0.5) is 10.2 Å². The minimum Gasteiger partial charge on any atom is -0.354 e. The molecule has 1 heterocycles. The van der Waals surface area contributed by atoms with Crippen LogP contribution in [0.1, 0.15) is 5.56 Å². The van der Waals surface area contributed by atoms with Gasteiger partial charge in [-0.25, -0.2) is 9.37 Å².